The van der Waals surface area contributed by atoms with Crippen molar-refractivity contribution in [1.82, 2.24) is 14.6 Å². The van der Waals surface area contributed by atoms with Crippen molar-refractivity contribution in [3.05, 3.63) is 104 Å². The van der Waals surface area contributed by atoms with Gasteiger partial charge in [0.1, 0.15) is 0 Å². The molecule has 0 fully saturated rings. The number of nitrogens with zero attached hydrogens (tertiary/aromatic N) is 3. The van der Waals surface area contributed by atoms with Crippen LogP contribution < -0.4 is 16.7 Å². The Balaban J connectivity index is 1.94. The molecular weight excluding hydrogens is 554 g/mol. The Morgan fingerprint density at radius 2 is 1.86 bits per heavy atom. The van der Waals surface area contributed by atoms with Gasteiger partial charge in [-0.25, -0.2) is 9.66 Å². The van der Waals surface area contributed by atoms with E-state index in [1.807, 2.05) is 56.3 Å². The Morgan fingerprint density at radius 3 is 2.54 bits per heavy atom. The average molecular weight is 583 g/mol. The minimum atomic E-state index is -0.537. The smallest absolute Gasteiger partial charge is 0.280 e. The van der Waals surface area contributed by atoms with Crippen LogP contribution in [0.1, 0.15) is 42.5 Å². The van der Waals surface area contributed by atoms with Crippen LogP contribution >= 0.6 is 27.5 Å². The van der Waals surface area contributed by atoms with Crippen LogP contribution in [0.3, 0.4) is 0 Å². The number of hydrogen-bond acceptors (Lipinski definition) is 5. The van der Waals surface area contributed by atoms with Crippen molar-refractivity contribution < 1.29 is 4.79 Å². The molecule has 1 aromatic heterocycles. The molecular formula is C28H29BrClN5O2. The summed E-state index contributed by atoms with van der Waals surface area (Å²) in [6.45, 7) is 4.84. The highest BCUT2D eigenvalue weighted by Gasteiger charge is 2.33. The number of hydrogen-bond donors (Lipinski definition) is 2. The number of carbonyl (C=O) groups excluding carboxylic acids is 1. The normalized spacial score (nSPS) is 12.1. The molecule has 0 aliphatic heterocycles. The molecule has 0 bridgehead atoms. The van der Waals surface area contributed by atoms with Crippen molar-refractivity contribution >= 4 is 50.0 Å². The molecule has 1 atom stereocenters. The average Bonchev–Trinajstić information content (AvgIpc) is 2.88. The van der Waals surface area contributed by atoms with Crippen molar-refractivity contribution in [1.29, 1.82) is 0 Å². The largest absolute Gasteiger partial charge is 0.330 e. The highest BCUT2D eigenvalue weighted by atomic mass is 79.9. The second-order valence-electron chi connectivity index (χ2n) is 9.09. The molecule has 37 heavy (non-hydrogen) atoms. The molecule has 0 aliphatic carbocycles. The summed E-state index contributed by atoms with van der Waals surface area (Å²) >= 11 is 9.73. The quantitative estimate of drug-likeness (QED) is 0.257. The van der Waals surface area contributed by atoms with Gasteiger partial charge in [0.25, 0.3) is 11.5 Å². The van der Waals surface area contributed by atoms with Crippen LogP contribution in [0.5, 0.6) is 0 Å². The van der Waals surface area contributed by atoms with E-state index in [2.05, 4.69) is 21.4 Å². The number of rotatable bonds is 9. The maximum absolute atomic E-state index is 13.9. The molecule has 3 N–H and O–H groups in total. The van der Waals surface area contributed by atoms with Crippen LogP contribution in [0, 0.1) is 5.92 Å². The Morgan fingerprint density at radius 1 is 1.11 bits per heavy atom. The van der Waals surface area contributed by atoms with Gasteiger partial charge in [-0.05, 0) is 67.4 Å². The summed E-state index contributed by atoms with van der Waals surface area (Å²) in [5.41, 5.74) is 10.5. The molecule has 1 unspecified atom stereocenters. The number of halogens is 2. The Labute approximate surface area is 229 Å². The lowest BCUT2D eigenvalue weighted by Crippen LogP contribution is -2.43. The van der Waals surface area contributed by atoms with Gasteiger partial charge in [0.2, 0.25) is 0 Å². The number of para-hydroxylation sites is 1. The molecule has 0 aliphatic rings. The van der Waals surface area contributed by atoms with Crippen molar-refractivity contribution in [3.63, 3.8) is 0 Å². The summed E-state index contributed by atoms with van der Waals surface area (Å²) in [6.07, 6.45) is 0.596. The summed E-state index contributed by atoms with van der Waals surface area (Å²) < 4.78 is 2.25. The van der Waals surface area contributed by atoms with Gasteiger partial charge in [0.15, 0.2) is 5.82 Å². The molecule has 3 aromatic carbocycles. The van der Waals surface area contributed by atoms with Crippen LogP contribution in [0.25, 0.3) is 10.9 Å². The molecule has 0 saturated carbocycles. The van der Waals surface area contributed by atoms with Gasteiger partial charge >= 0.3 is 0 Å². The topological polar surface area (TPSA) is 93.2 Å². The van der Waals surface area contributed by atoms with Crippen LogP contribution in [0.2, 0.25) is 5.02 Å². The van der Waals surface area contributed by atoms with E-state index in [0.717, 1.165) is 10.2 Å². The van der Waals surface area contributed by atoms with Gasteiger partial charge in [0.05, 0.1) is 22.6 Å². The van der Waals surface area contributed by atoms with Gasteiger partial charge in [0, 0.05) is 21.6 Å². The van der Waals surface area contributed by atoms with Gasteiger partial charge < -0.3 is 10.6 Å². The van der Waals surface area contributed by atoms with Gasteiger partial charge in [-0.3, -0.25) is 15.0 Å². The summed E-state index contributed by atoms with van der Waals surface area (Å²) in [7, 11) is 0. The lowest BCUT2D eigenvalue weighted by atomic mass is 9.99. The maximum atomic E-state index is 13.9. The van der Waals surface area contributed by atoms with E-state index in [4.69, 9.17) is 22.3 Å². The third kappa shape index (κ3) is 6.04. The first-order valence-corrected chi connectivity index (χ1v) is 13.3. The third-order valence-corrected chi connectivity index (χ3v) is 6.77. The molecule has 0 spiro atoms. The van der Waals surface area contributed by atoms with Crippen LogP contribution in [0.4, 0.5) is 5.69 Å². The van der Waals surface area contributed by atoms with E-state index in [-0.39, 0.29) is 17.4 Å². The van der Waals surface area contributed by atoms with Crippen molar-refractivity contribution in [2.45, 2.75) is 26.3 Å². The fraction of sp³-hybridized carbons (Fsp3) is 0.250. The lowest BCUT2D eigenvalue weighted by molar-refractivity contribution is 0.0604. The van der Waals surface area contributed by atoms with Gasteiger partial charge in [-0.2, -0.15) is 0 Å². The lowest BCUT2D eigenvalue weighted by Gasteiger charge is -2.35. The van der Waals surface area contributed by atoms with Crippen LogP contribution in [-0.2, 0) is 0 Å². The molecule has 9 heteroatoms. The van der Waals surface area contributed by atoms with E-state index >= 15 is 0 Å². The van der Waals surface area contributed by atoms with Crippen LogP contribution in [-0.4, -0.2) is 33.6 Å². The van der Waals surface area contributed by atoms with E-state index < -0.39 is 6.04 Å². The molecule has 1 heterocycles. The predicted molar refractivity (Wildman–Crippen MR) is 153 cm³/mol. The molecule has 0 saturated heterocycles. The van der Waals surface area contributed by atoms with Crippen LogP contribution in [0.15, 0.2) is 82.1 Å². The number of nitrogens with two attached hydrogens (primary N) is 1. The number of nitrogens with one attached hydrogen (secondary N) is 1. The zero-order valence-corrected chi connectivity index (χ0v) is 23.0. The first-order valence-electron chi connectivity index (χ1n) is 12.1. The number of amides is 1. The molecule has 7 nitrogen and oxygen atoms in total. The summed E-state index contributed by atoms with van der Waals surface area (Å²) in [5, 5.41) is 0.899. The molecule has 4 rings (SSSR count). The summed E-state index contributed by atoms with van der Waals surface area (Å²) in [5.74, 6) is 0.167. The molecule has 0 radical (unpaired) electrons. The first kappa shape index (κ1) is 26.9. The fourth-order valence-corrected chi connectivity index (χ4v) is 4.90. The SMILES string of the molecule is CC(C)C(c1nc2cc(Cl)ccc2c(=O)n1Nc1ccccc1)N(CCCN)C(=O)c1cccc(Br)c1. The Bertz CT molecular complexity index is 1460. The Kier molecular flexibility index (Phi) is 8.63. The number of carbonyl (C=O) groups is 1. The highest BCUT2D eigenvalue weighted by Crippen LogP contribution is 2.31. The van der Waals surface area contributed by atoms with E-state index in [9.17, 15) is 9.59 Å². The summed E-state index contributed by atoms with van der Waals surface area (Å²) in [4.78, 5) is 34.4. The number of anilines is 1. The van der Waals surface area contributed by atoms with Gasteiger partial charge in [-0.15, -0.1) is 0 Å². The number of fused-ring (bicyclic) bond motifs is 1. The first-order chi connectivity index (χ1) is 17.8. The van der Waals surface area contributed by atoms with Crippen molar-refractivity contribution in [2.24, 2.45) is 11.7 Å². The highest BCUT2D eigenvalue weighted by molar-refractivity contribution is 9.10. The minimum Gasteiger partial charge on any atom is -0.330 e. The van der Waals surface area contributed by atoms with Crippen molar-refractivity contribution in [2.75, 3.05) is 18.5 Å². The minimum absolute atomic E-state index is 0.0822. The fourth-order valence-electron chi connectivity index (χ4n) is 4.34. The zero-order chi connectivity index (χ0) is 26.5. The van der Waals surface area contributed by atoms with E-state index in [0.29, 0.717) is 46.8 Å². The summed E-state index contributed by atoms with van der Waals surface area (Å²) in [6, 6.07) is 21.1. The van der Waals surface area contributed by atoms with E-state index in [1.54, 1.807) is 35.2 Å². The zero-order valence-electron chi connectivity index (χ0n) is 20.7. The second kappa shape index (κ2) is 11.9. The number of benzene rings is 3. The van der Waals surface area contributed by atoms with Gasteiger partial charge in [-0.1, -0.05) is 65.6 Å². The molecule has 192 valence electrons. The third-order valence-electron chi connectivity index (χ3n) is 6.04. The Hall–Kier alpha value is -3.20. The standard InChI is InChI=1S/C28H29BrClN5O2/c1-18(2)25(34(15-7-14-31)27(36)19-8-6-9-20(29)16-19)26-32-24-17-21(30)12-13-23(24)28(37)35(26)33-22-10-4-3-5-11-22/h3-6,8-13,16-18,25,33H,7,14-15,31H2,1-2H3. The monoisotopic (exact) mass is 581 g/mol. The maximum Gasteiger partial charge on any atom is 0.280 e. The molecule has 4 aromatic rings. The van der Waals surface area contributed by atoms with Crippen molar-refractivity contribution in [3.8, 4) is 0 Å². The second-order valence-corrected chi connectivity index (χ2v) is 10.4. The molecule has 1 amide bonds. The number of aromatic nitrogens is 2. The predicted octanol–water partition coefficient (Wildman–Crippen LogP) is 5.88. The van der Waals surface area contributed by atoms with E-state index in [1.165, 1.54) is 4.68 Å².